The summed E-state index contributed by atoms with van der Waals surface area (Å²) in [5, 5.41) is 4.71. The van der Waals surface area contributed by atoms with E-state index in [0.29, 0.717) is 0 Å². The van der Waals surface area contributed by atoms with Crippen LogP contribution in [0.1, 0.15) is 0 Å². The molecule has 6 aromatic carbocycles. The fourth-order valence-electron chi connectivity index (χ4n) is 5.84. The van der Waals surface area contributed by atoms with Crippen LogP contribution >= 0.6 is 0 Å². The molecule has 0 bridgehead atoms. The summed E-state index contributed by atoms with van der Waals surface area (Å²) in [6.45, 7) is 0. The second-order valence-electron chi connectivity index (χ2n) is 9.82. The summed E-state index contributed by atoms with van der Waals surface area (Å²) in [6.07, 6.45) is 0. The van der Waals surface area contributed by atoms with Gasteiger partial charge in [-0.05, 0) is 34.9 Å². The molecule has 0 amide bonds. The maximum atomic E-state index is 6.78. The molecule has 2 heterocycles. The smallest absolute Gasteiger partial charge is 0.143 e. The van der Waals surface area contributed by atoms with Gasteiger partial charge in [0, 0.05) is 43.8 Å². The van der Waals surface area contributed by atoms with Crippen LogP contribution in [0.25, 0.3) is 77.1 Å². The molecule has 0 aliphatic rings. The molecule has 38 heavy (non-hydrogen) atoms. The summed E-state index contributed by atoms with van der Waals surface area (Å²) in [4.78, 5) is 3.72. The van der Waals surface area contributed by atoms with Crippen molar-refractivity contribution in [3.63, 3.8) is 0 Å². The van der Waals surface area contributed by atoms with E-state index in [0.717, 1.165) is 55.2 Å². The van der Waals surface area contributed by atoms with Gasteiger partial charge in [0.15, 0.2) is 0 Å². The highest BCUT2D eigenvalue weighted by Gasteiger charge is 2.19. The number of benzene rings is 6. The first-order chi connectivity index (χ1) is 18.8. The van der Waals surface area contributed by atoms with Crippen LogP contribution in [0.3, 0.4) is 0 Å². The molecule has 2 nitrogen and oxygen atoms in total. The summed E-state index contributed by atoms with van der Waals surface area (Å²) in [6, 6.07) is 47.1. The Morgan fingerprint density at radius 1 is 0.395 bits per heavy atom. The quantitative estimate of drug-likeness (QED) is 0.265. The maximum Gasteiger partial charge on any atom is 0.143 e. The number of aromatic amines is 1. The van der Waals surface area contributed by atoms with Crippen molar-refractivity contribution in [1.29, 1.82) is 0 Å². The predicted molar refractivity (Wildman–Crippen MR) is 159 cm³/mol. The van der Waals surface area contributed by atoms with E-state index in [-0.39, 0.29) is 0 Å². The Kier molecular flexibility index (Phi) is 4.55. The van der Waals surface area contributed by atoms with Crippen LogP contribution in [0.4, 0.5) is 0 Å². The lowest BCUT2D eigenvalue weighted by molar-refractivity contribution is 0.671. The van der Waals surface area contributed by atoms with E-state index in [9.17, 15) is 0 Å². The van der Waals surface area contributed by atoms with Gasteiger partial charge in [-0.1, -0.05) is 115 Å². The summed E-state index contributed by atoms with van der Waals surface area (Å²) in [5.41, 5.74) is 11.0. The molecular formula is C36H23NO. The molecule has 0 aliphatic heterocycles. The highest BCUT2D eigenvalue weighted by atomic mass is 16.3. The normalized spacial score (nSPS) is 11.7. The Labute approximate surface area is 219 Å². The van der Waals surface area contributed by atoms with Gasteiger partial charge in [0.05, 0.1) is 5.52 Å². The highest BCUT2D eigenvalue weighted by Crippen LogP contribution is 2.43. The molecule has 0 saturated carbocycles. The molecule has 0 spiro atoms. The second-order valence-corrected chi connectivity index (χ2v) is 9.82. The van der Waals surface area contributed by atoms with Crippen LogP contribution < -0.4 is 0 Å². The van der Waals surface area contributed by atoms with Crippen molar-refractivity contribution in [2.24, 2.45) is 0 Å². The van der Waals surface area contributed by atoms with Gasteiger partial charge in [-0.3, -0.25) is 0 Å². The van der Waals surface area contributed by atoms with Gasteiger partial charge in [0.25, 0.3) is 0 Å². The topological polar surface area (TPSA) is 28.9 Å². The Morgan fingerprint density at radius 3 is 1.76 bits per heavy atom. The fraction of sp³-hybridized carbons (Fsp3) is 0. The molecule has 2 aromatic heterocycles. The van der Waals surface area contributed by atoms with E-state index < -0.39 is 0 Å². The summed E-state index contributed by atoms with van der Waals surface area (Å²) in [5.74, 6) is 0. The van der Waals surface area contributed by atoms with E-state index >= 15 is 0 Å². The van der Waals surface area contributed by atoms with Crippen molar-refractivity contribution < 1.29 is 4.42 Å². The van der Waals surface area contributed by atoms with Gasteiger partial charge >= 0.3 is 0 Å². The van der Waals surface area contributed by atoms with Crippen LogP contribution in [-0.2, 0) is 0 Å². The number of nitrogens with one attached hydrogen (secondary N) is 1. The average Bonchev–Trinajstić information content (AvgIpc) is 3.56. The number of rotatable bonds is 3. The predicted octanol–water partition coefficient (Wildman–Crippen LogP) is 10.2. The van der Waals surface area contributed by atoms with Gasteiger partial charge in [0.1, 0.15) is 11.2 Å². The van der Waals surface area contributed by atoms with Gasteiger partial charge in [-0.15, -0.1) is 0 Å². The number of para-hydroxylation sites is 3. The standard InChI is InChI=1S/C36H23NO/c1-3-11-23(12-4-1)25-21-31-27-15-7-8-20-33(27)37-34(31)32(22-25)30-19-10-18-29-28-17-9-16-26(35(28)38-36(29)30)24-13-5-2-6-14-24/h1-22,37H. The van der Waals surface area contributed by atoms with Gasteiger partial charge < -0.3 is 9.40 Å². The molecule has 0 fully saturated rings. The third kappa shape index (κ3) is 3.14. The minimum Gasteiger partial charge on any atom is -0.455 e. The first kappa shape index (κ1) is 21.0. The zero-order valence-corrected chi connectivity index (χ0v) is 20.6. The molecular weight excluding hydrogens is 462 g/mol. The monoisotopic (exact) mass is 485 g/mol. The molecule has 0 aliphatic carbocycles. The summed E-state index contributed by atoms with van der Waals surface area (Å²) < 4.78 is 6.78. The zero-order chi connectivity index (χ0) is 25.1. The van der Waals surface area contributed by atoms with Crippen molar-refractivity contribution in [3.05, 3.63) is 133 Å². The van der Waals surface area contributed by atoms with Crippen molar-refractivity contribution >= 4 is 43.7 Å². The number of H-pyrrole nitrogens is 1. The molecule has 178 valence electrons. The molecule has 0 atom stereocenters. The van der Waals surface area contributed by atoms with E-state index in [1.54, 1.807) is 0 Å². The van der Waals surface area contributed by atoms with Crippen LogP contribution in [0, 0.1) is 0 Å². The lowest BCUT2D eigenvalue weighted by Crippen LogP contribution is -1.85. The number of hydrogen-bond acceptors (Lipinski definition) is 1. The molecule has 8 rings (SSSR count). The third-order valence-electron chi connectivity index (χ3n) is 7.62. The molecule has 2 heteroatoms. The Morgan fingerprint density at radius 2 is 1.00 bits per heavy atom. The molecule has 1 N–H and O–H groups in total. The number of aromatic nitrogens is 1. The number of hydrogen-bond donors (Lipinski definition) is 1. The lowest BCUT2D eigenvalue weighted by Gasteiger charge is -2.10. The highest BCUT2D eigenvalue weighted by molar-refractivity contribution is 6.18. The van der Waals surface area contributed by atoms with Gasteiger partial charge in [-0.2, -0.15) is 0 Å². The Hall–Kier alpha value is -5.08. The Bertz CT molecular complexity index is 2110. The van der Waals surface area contributed by atoms with Crippen LogP contribution in [0.15, 0.2) is 138 Å². The zero-order valence-electron chi connectivity index (χ0n) is 20.6. The van der Waals surface area contributed by atoms with Gasteiger partial charge in [0.2, 0.25) is 0 Å². The summed E-state index contributed by atoms with van der Waals surface area (Å²) in [7, 11) is 0. The largest absolute Gasteiger partial charge is 0.455 e. The first-order valence-electron chi connectivity index (χ1n) is 12.9. The van der Waals surface area contributed by atoms with Crippen molar-refractivity contribution in [1.82, 2.24) is 4.98 Å². The summed E-state index contributed by atoms with van der Waals surface area (Å²) >= 11 is 0. The molecule has 0 unspecified atom stereocenters. The lowest BCUT2D eigenvalue weighted by atomic mass is 9.94. The minimum absolute atomic E-state index is 0.913. The van der Waals surface area contributed by atoms with Crippen LogP contribution in [-0.4, -0.2) is 4.98 Å². The Balaban J connectivity index is 1.47. The number of fused-ring (bicyclic) bond motifs is 6. The third-order valence-corrected chi connectivity index (χ3v) is 7.62. The first-order valence-corrected chi connectivity index (χ1v) is 12.9. The molecule has 8 aromatic rings. The van der Waals surface area contributed by atoms with E-state index in [1.165, 1.54) is 21.9 Å². The van der Waals surface area contributed by atoms with Crippen molar-refractivity contribution in [3.8, 4) is 33.4 Å². The maximum absolute atomic E-state index is 6.78. The van der Waals surface area contributed by atoms with E-state index in [1.807, 2.05) is 6.07 Å². The molecule has 0 saturated heterocycles. The van der Waals surface area contributed by atoms with Crippen LogP contribution in [0.2, 0.25) is 0 Å². The average molecular weight is 486 g/mol. The van der Waals surface area contributed by atoms with Crippen molar-refractivity contribution in [2.45, 2.75) is 0 Å². The van der Waals surface area contributed by atoms with Crippen LogP contribution in [0.5, 0.6) is 0 Å². The van der Waals surface area contributed by atoms with Gasteiger partial charge in [-0.25, -0.2) is 0 Å². The second kappa shape index (κ2) is 8.22. The fourth-order valence-corrected chi connectivity index (χ4v) is 5.84. The SMILES string of the molecule is c1ccc(-c2cc(-c3cccc4c3oc3c(-c5ccccc5)cccc34)c3[nH]c4ccccc4c3c2)cc1. The number of furan rings is 1. The van der Waals surface area contributed by atoms with E-state index in [2.05, 4.69) is 132 Å². The minimum atomic E-state index is 0.913. The van der Waals surface area contributed by atoms with E-state index in [4.69, 9.17) is 4.42 Å². The molecule has 0 radical (unpaired) electrons. The van der Waals surface area contributed by atoms with Crippen molar-refractivity contribution in [2.75, 3.05) is 0 Å².